The normalized spacial score (nSPS) is 11.6. The fourth-order valence-corrected chi connectivity index (χ4v) is 2.66. The lowest BCUT2D eigenvalue weighted by Crippen LogP contribution is -2.22. The van der Waals surface area contributed by atoms with Crippen molar-refractivity contribution in [2.45, 2.75) is 18.0 Å². The molecule has 102 valence electrons. The summed E-state index contributed by atoms with van der Waals surface area (Å²) in [5.74, 6) is 0. The zero-order valence-electron chi connectivity index (χ0n) is 10.6. The summed E-state index contributed by atoms with van der Waals surface area (Å²) in [4.78, 5) is 7.04. The maximum Gasteiger partial charge on any atom is 0.242 e. The molecule has 0 saturated carbocycles. The first-order valence-corrected chi connectivity index (χ1v) is 7.30. The summed E-state index contributed by atoms with van der Waals surface area (Å²) in [5.41, 5.74) is 1.69. The van der Waals surface area contributed by atoms with Crippen molar-refractivity contribution in [2.24, 2.45) is 0 Å². The Hall–Kier alpha value is -1.70. The molecule has 0 radical (unpaired) electrons. The number of hydrogen-bond donors (Lipinski definition) is 3. The number of nitrogens with one attached hydrogen (secondary N) is 3. The van der Waals surface area contributed by atoms with Crippen LogP contribution in [0.5, 0.6) is 0 Å². The number of sulfonamides is 1. The predicted molar refractivity (Wildman–Crippen MR) is 71.8 cm³/mol. The largest absolute Gasteiger partial charge is 0.363 e. The molecule has 0 atom stereocenters. The van der Waals surface area contributed by atoms with Crippen LogP contribution in [0.15, 0.2) is 41.7 Å². The van der Waals surface area contributed by atoms with E-state index < -0.39 is 10.0 Å². The van der Waals surface area contributed by atoms with E-state index in [1.54, 1.807) is 37.6 Å². The molecule has 0 saturated heterocycles. The van der Waals surface area contributed by atoms with Gasteiger partial charge in [-0.3, -0.25) is 4.98 Å². The zero-order valence-corrected chi connectivity index (χ0v) is 11.4. The number of rotatable bonds is 6. The molecule has 0 bridgehead atoms. The van der Waals surface area contributed by atoms with E-state index in [-0.39, 0.29) is 11.4 Å². The highest BCUT2D eigenvalue weighted by Crippen LogP contribution is 2.11. The van der Waals surface area contributed by atoms with Gasteiger partial charge in [0.05, 0.1) is 4.90 Å². The first-order chi connectivity index (χ1) is 9.12. The number of nitrogens with zero attached hydrogens (tertiary/aromatic N) is 1. The number of aromatic amines is 1. The average molecular weight is 280 g/mol. The first-order valence-electron chi connectivity index (χ1n) is 5.82. The highest BCUT2D eigenvalue weighted by Gasteiger charge is 2.15. The van der Waals surface area contributed by atoms with Crippen LogP contribution in [-0.2, 0) is 23.1 Å². The third-order valence-electron chi connectivity index (χ3n) is 2.61. The fourth-order valence-electron chi connectivity index (χ4n) is 1.63. The smallest absolute Gasteiger partial charge is 0.242 e. The highest BCUT2D eigenvalue weighted by molar-refractivity contribution is 7.89. The SMILES string of the molecule is CNCc1cc(S(=O)(=O)NCc2ccncc2)c[nH]1. The number of aromatic nitrogens is 2. The van der Waals surface area contributed by atoms with Gasteiger partial charge in [-0.15, -0.1) is 0 Å². The lowest BCUT2D eigenvalue weighted by Gasteiger charge is -2.04. The van der Waals surface area contributed by atoms with Gasteiger partial charge in [0.2, 0.25) is 10.0 Å². The average Bonchev–Trinajstić information content (AvgIpc) is 2.88. The summed E-state index contributed by atoms with van der Waals surface area (Å²) in [6.07, 6.45) is 4.75. The van der Waals surface area contributed by atoms with E-state index in [2.05, 4.69) is 20.0 Å². The molecule has 2 rings (SSSR count). The molecule has 0 amide bonds. The van der Waals surface area contributed by atoms with Crippen molar-refractivity contribution < 1.29 is 8.42 Å². The Morgan fingerprint density at radius 1 is 1.26 bits per heavy atom. The van der Waals surface area contributed by atoms with Crippen LogP contribution in [0.25, 0.3) is 0 Å². The minimum atomic E-state index is -3.49. The Morgan fingerprint density at radius 3 is 2.68 bits per heavy atom. The van der Waals surface area contributed by atoms with Gasteiger partial charge in [0.15, 0.2) is 0 Å². The molecule has 0 spiro atoms. The van der Waals surface area contributed by atoms with Crippen molar-refractivity contribution in [1.82, 2.24) is 20.0 Å². The van der Waals surface area contributed by atoms with Gasteiger partial charge < -0.3 is 10.3 Å². The van der Waals surface area contributed by atoms with Crippen LogP contribution in [0.4, 0.5) is 0 Å². The molecular weight excluding hydrogens is 264 g/mol. The number of pyridine rings is 1. The third kappa shape index (κ3) is 3.63. The van der Waals surface area contributed by atoms with Crippen LogP contribution in [0.3, 0.4) is 0 Å². The minimum Gasteiger partial charge on any atom is -0.363 e. The van der Waals surface area contributed by atoms with Crippen molar-refractivity contribution in [1.29, 1.82) is 0 Å². The zero-order chi connectivity index (χ0) is 13.7. The van der Waals surface area contributed by atoms with Crippen molar-refractivity contribution in [3.8, 4) is 0 Å². The van der Waals surface area contributed by atoms with Gasteiger partial charge in [0.25, 0.3) is 0 Å². The molecule has 2 heterocycles. The van der Waals surface area contributed by atoms with Crippen molar-refractivity contribution in [3.63, 3.8) is 0 Å². The van der Waals surface area contributed by atoms with Gasteiger partial charge in [-0.2, -0.15) is 0 Å². The van der Waals surface area contributed by atoms with E-state index in [4.69, 9.17) is 0 Å². The molecule has 19 heavy (non-hydrogen) atoms. The topological polar surface area (TPSA) is 86.9 Å². The molecule has 0 aliphatic heterocycles. The molecular formula is C12H16N4O2S. The van der Waals surface area contributed by atoms with Gasteiger partial charge in [0, 0.05) is 37.4 Å². The van der Waals surface area contributed by atoms with Gasteiger partial charge >= 0.3 is 0 Å². The molecule has 0 aromatic carbocycles. The Kier molecular flexibility index (Phi) is 4.31. The predicted octanol–water partition coefficient (Wildman–Crippen LogP) is 0.608. The summed E-state index contributed by atoms with van der Waals surface area (Å²) in [7, 11) is -1.68. The Bertz CT molecular complexity index is 622. The van der Waals surface area contributed by atoms with Gasteiger partial charge in [-0.05, 0) is 30.8 Å². The molecule has 0 aliphatic carbocycles. The quantitative estimate of drug-likeness (QED) is 0.723. The van der Waals surface area contributed by atoms with Crippen LogP contribution in [0.2, 0.25) is 0 Å². The van der Waals surface area contributed by atoms with Crippen molar-refractivity contribution in [3.05, 3.63) is 48.0 Å². The minimum absolute atomic E-state index is 0.242. The van der Waals surface area contributed by atoms with E-state index in [9.17, 15) is 8.42 Å². The van der Waals surface area contributed by atoms with Crippen LogP contribution >= 0.6 is 0 Å². The molecule has 2 aromatic rings. The summed E-state index contributed by atoms with van der Waals surface area (Å²) >= 11 is 0. The van der Waals surface area contributed by atoms with Crippen molar-refractivity contribution in [2.75, 3.05) is 7.05 Å². The lowest BCUT2D eigenvalue weighted by molar-refractivity contribution is 0.581. The van der Waals surface area contributed by atoms with E-state index in [1.165, 1.54) is 6.20 Å². The van der Waals surface area contributed by atoms with Crippen LogP contribution < -0.4 is 10.0 Å². The van der Waals surface area contributed by atoms with Gasteiger partial charge in [0.1, 0.15) is 0 Å². The third-order valence-corrected chi connectivity index (χ3v) is 3.99. The van der Waals surface area contributed by atoms with E-state index in [0.717, 1.165) is 11.3 Å². The lowest BCUT2D eigenvalue weighted by atomic mass is 10.3. The second-order valence-corrected chi connectivity index (χ2v) is 5.84. The number of H-pyrrole nitrogens is 1. The maximum atomic E-state index is 12.1. The van der Waals surface area contributed by atoms with Crippen LogP contribution in [0, 0.1) is 0 Å². The summed E-state index contributed by atoms with van der Waals surface area (Å²) in [6, 6.07) is 5.16. The molecule has 0 aliphatic rings. The monoisotopic (exact) mass is 280 g/mol. The Balaban J connectivity index is 2.05. The van der Waals surface area contributed by atoms with Crippen molar-refractivity contribution >= 4 is 10.0 Å². The van der Waals surface area contributed by atoms with E-state index in [1.807, 2.05) is 0 Å². The standard InChI is InChI=1S/C12H16N4O2S/c1-13-8-11-6-12(9-15-11)19(17,18)16-7-10-2-4-14-5-3-10/h2-6,9,13,15-16H,7-8H2,1H3. The van der Waals surface area contributed by atoms with Crippen LogP contribution in [0.1, 0.15) is 11.3 Å². The second-order valence-electron chi connectivity index (χ2n) is 4.07. The molecule has 2 aromatic heterocycles. The van der Waals surface area contributed by atoms with E-state index >= 15 is 0 Å². The Labute approximate surface area is 112 Å². The summed E-state index contributed by atoms with van der Waals surface area (Å²) in [5, 5.41) is 2.95. The summed E-state index contributed by atoms with van der Waals surface area (Å²) < 4.78 is 26.7. The summed E-state index contributed by atoms with van der Waals surface area (Å²) in [6.45, 7) is 0.845. The number of hydrogen-bond acceptors (Lipinski definition) is 4. The van der Waals surface area contributed by atoms with Crippen LogP contribution in [-0.4, -0.2) is 25.4 Å². The fraction of sp³-hybridized carbons (Fsp3) is 0.250. The molecule has 0 unspecified atom stereocenters. The molecule has 0 fully saturated rings. The molecule has 6 nitrogen and oxygen atoms in total. The molecule has 7 heteroatoms. The van der Waals surface area contributed by atoms with E-state index in [0.29, 0.717) is 6.54 Å². The second kappa shape index (κ2) is 5.96. The first kappa shape index (κ1) is 13.7. The maximum absolute atomic E-state index is 12.1. The Morgan fingerprint density at radius 2 is 2.00 bits per heavy atom. The highest BCUT2D eigenvalue weighted by atomic mass is 32.2. The van der Waals surface area contributed by atoms with Gasteiger partial charge in [-0.25, -0.2) is 13.1 Å². The molecule has 3 N–H and O–H groups in total. The van der Waals surface area contributed by atoms with Gasteiger partial charge in [-0.1, -0.05) is 0 Å².